The van der Waals surface area contributed by atoms with Gasteiger partial charge in [-0.25, -0.2) is 4.79 Å². The van der Waals surface area contributed by atoms with Crippen LogP contribution in [0.5, 0.6) is 0 Å². The molecule has 1 atom stereocenters. The zero-order valence-electron chi connectivity index (χ0n) is 8.70. The van der Waals surface area contributed by atoms with Crippen molar-refractivity contribution < 1.29 is 24.6 Å². The van der Waals surface area contributed by atoms with Crippen LogP contribution >= 0.6 is 0 Å². The molecule has 0 radical (unpaired) electrons. The summed E-state index contributed by atoms with van der Waals surface area (Å²) in [6.07, 6.45) is 0. The Labute approximate surface area is 86.6 Å². The van der Waals surface area contributed by atoms with Gasteiger partial charge in [-0.1, -0.05) is 0 Å². The predicted molar refractivity (Wildman–Crippen MR) is 51.3 cm³/mol. The molecule has 0 aromatic carbocycles. The average Bonchev–Trinajstić information content (AvgIpc) is 2.14. The number of nitrogens with one attached hydrogen (secondary N) is 1. The Morgan fingerprint density at radius 1 is 1.07 bits per heavy atom. The van der Waals surface area contributed by atoms with Crippen LogP contribution in [0.25, 0.3) is 0 Å². The third-order valence-corrected chi connectivity index (χ3v) is 1.94. The Hall–Kier alpha value is -1.85. The molecular weight excluding hydrogens is 202 g/mol. The van der Waals surface area contributed by atoms with Crippen molar-refractivity contribution in [1.29, 1.82) is 0 Å². The molecule has 0 aliphatic heterocycles. The van der Waals surface area contributed by atoms with Crippen LogP contribution in [0, 0.1) is 0 Å². The lowest BCUT2D eigenvalue weighted by Gasteiger charge is -2.10. The largest absolute Gasteiger partial charge is 0.480 e. The fourth-order valence-electron chi connectivity index (χ4n) is 0.697. The molecule has 6 nitrogen and oxygen atoms in total. The first-order valence-electron chi connectivity index (χ1n) is 4.21. The van der Waals surface area contributed by atoms with Crippen molar-refractivity contribution in [1.82, 2.24) is 5.32 Å². The summed E-state index contributed by atoms with van der Waals surface area (Å²) in [6, 6.07) is -1.05. The lowest BCUT2D eigenvalue weighted by atomic mass is 10.1. The van der Waals surface area contributed by atoms with E-state index in [1.54, 1.807) is 0 Å². The van der Waals surface area contributed by atoms with Crippen LogP contribution in [0.1, 0.15) is 20.8 Å². The van der Waals surface area contributed by atoms with Crippen molar-refractivity contribution in [2.75, 3.05) is 0 Å². The van der Waals surface area contributed by atoms with Gasteiger partial charge in [-0.3, -0.25) is 9.59 Å². The third-order valence-electron chi connectivity index (χ3n) is 1.94. The predicted octanol–water partition coefficient (Wildman–Crippen LogP) is -0.00330. The van der Waals surface area contributed by atoms with E-state index in [2.05, 4.69) is 5.32 Å². The Kier molecular flexibility index (Phi) is 4.50. The van der Waals surface area contributed by atoms with Crippen LogP contribution in [-0.2, 0) is 14.4 Å². The van der Waals surface area contributed by atoms with E-state index in [4.69, 9.17) is 10.2 Å². The molecule has 1 unspecified atom stereocenters. The molecule has 84 valence electrons. The molecule has 15 heavy (non-hydrogen) atoms. The lowest BCUT2D eigenvalue weighted by molar-refractivity contribution is -0.140. The molecule has 0 aromatic rings. The molecule has 0 rings (SSSR count). The lowest BCUT2D eigenvalue weighted by Crippen LogP contribution is -2.39. The molecule has 0 fully saturated rings. The van der Waals surface area contributed by atoms with E-state index in [0.29, 0.717) is 0 Å². The minimum atomic E-state index is -1.20. The van der Waals surface area contributed by atoms with Crippen LogP contribution in [0.3, 0.4) is 0 Å². The number of hydrogen-bond acceptors (Lipinski definition) is 3. The number of carbonyl (C=O) groups is 3. The standard InChI is InChI=1S/C9H13NO5/c1-4(5(2)8(12)13)7(11)10-6(3)9(14)15/h6H,1-3H3,(H,10,11)(H,12,13)(H,14,15). The minimum absolute atomic E-state index is 0.00407. The van der Waals surface area contributed by atoms with Crippen molar-refractivity contribution in [3.63, 3.8) is 0 Å². The first kappa shape index (κ1) is 13.2. The Morgan fingerprint density at radius 2 is 1.53 bits per heavy atom. The van der Waals surface area contributed by atoms with E-state index in [0.717, 1.165) is 0 Å². The van der Waals surface area contributed by atoms with Gasteiger partial charge in [0.2, 0.25) is 5.91 Å². The summed E-state index contributed by atoms with van der Waals surface area (Å²) in [4.78, 5) is 32.2. The smallest absolute Gasteiger partial charge is 0.331 e. The Balaban J connectivity index is 4.68. The number of rotatable bonds is 4. The number of carboxylic acid groups (broad SMARTS) is 2. The van der Waals surface area contributed by atoms with Crippen LogP contribution in [0.4, 0.5) is 0 Å². The molecule has 6 heteroatoms. The highest BCUT2D eigenvalue weighted by Crippen LogP contribution is 2.03. The van der Waals surface area contributed by atoms with Gasteiger partial charge in [0.05, 0.1) is 0 Å². The number of amides is 1. The topological polar surface area (TPSA) is 104 Å². The Bertz CT molecular complexity index is 331. The summed E-state index contributed by atoms with van der Waals surface area (Å²) in [7, 11) is 0. The van der Waals surface area contributed by atoms with E-state index in [1.807, 2.05) is 0 Å². The molecule has 1 amide bonds. The van der Waals surface area contributed by atoms with Crippen LogP contribution in [-0.4, -0.2) is 34.1 Å². The van der Waals surface area contributed by atoms with Gasteiger partial charge in [0.1, 0.15) is 6.04 Å². The van der Waals surface area contributed by atoms with Gasteiger partial charge in [-0.05, 0) is 20.8 Å². The SMILES string of the molecule is CC(C(=O)O)=C(C)C(=O)NC(C)C(=O)O. The summed E-state index contributed by atoms with van der Waals surface area (Å²) in [6.45, 7) is 3.90. The average molecular weight is 215 g/mol. The van der Waals surface area contributed by atoms with Crippen LogP contribution < -0.4 is 5.32 Å². The van der Waals surface area contributed by atoms with Crippen molar-refractivity contribution in [3.05, 3.63) is 11.1 Å². The van der Waals surface area contributed by atoms with Crippen molar-refractivity contribution in [2.45, 2.75) is 26.8 Å². The molecule has 0 aliphatic rings. The Morgan fingerprint density at radius 3 is 1.87 bits per heavy atom. The molecule has 0 aliphatic carbocycles. The monoisotopic (exact) mass is 215 g/mol. The summed E-state index contributed by atoms with van der Waals surface area (Å²) in [5, 5.41) is 19.3. The molecule has 3 N–H and O–H groups in total. The normalized spacial score (nSPS) is 13.8. The fraction of sp³-hybridized carbons (Fsp3) is 0.444. The molecule has 0 bridgehead atoms. The van der Waals surface area contributed by atoms with Gasteiger partial charge in [0.15, 0.2) is 0 Å². The van der Waals surface area contributed by atoms with Crippen molar-refractivity contribution in [2.24, 2.45) is 0 Å². The van der Waals surface area contributed by atoms with Crippen molar-refractivity contribution in [3.8, 4) is 0 Å². The quantitative estimate of drug-likeness (QED) is 0.572. The molecule has 0 saturated carbocycles. The number of aliphatic carboxylic acids is 2. The molecule has 0 saturated heterocycles. The summed E-state index contributed by atoms with van der Waals surface area (Å²) in [5.41, 5.74) is -0.110. The summed E-state index contributed by atoms with van der Waals surface area (Å²) >= 11 is 0. The zero-order chi connectivity index (χ0) is 12.2. The highest BCUT2D eigenvalue weighted by Gasteiger charge is 2.17. The van der Waals surface area contributed by atoms with Crippen molar-refractivity contribution >= 4 is 17.8 Å². The number of hydrogen-bond donors (Lipinski definition) is 3. The van der Waals surface area contributed by atoms with E-state index in [-0.39, 0.29) is 11.1 Å². The molecule has 0 aromatic heterocycles. The first-order chi connectivity index (χ1) is 6.77. The van der Waals surface area contributed by atoms with Gasteiger partial charge in [-0.2, -0.15) is 0 Å². The fourth-order valence-corrected chi connectivity index (χ4v) is 0.697. The van der Waals surface area contributed by atoms with Gasteiger partial charge < -0.3 is 15.5 Å². The van der Waals surface area contributed by atoms with Gasteiger partial charge in [0, 0.05) is 11.1 Å². The third kappa shape index (κ3) is 3.80. The maximum Gasteiger partial charge on any atom is 0.331 e. The maximum absolute atomic E-state index is 11.3. The van der Waals surface area contributed by atoms with Crippen LogP contribution in [0.2, 0.25) is 0 Å². The first-order valence-corrected chi connectivity index (χ1v) is 4.21. The maximum atomic E-state index is 11.3. The number of carbonyl (C=O) groups excluding carboxylic acids is 1. The second-order valence-corrected chi connectivity index (χ2v) is 3.09. The summed E-state index contributed by atoms with van der Waals surface area (Å²) in [5.74, 6) is -3.07. The molecule has 0 spiro atoms. The second-order valence-electron chi connectivity index (χ2n) is 3.09. The second kappa shape index (κ2) is 5.14. The number of carboxylic acids is 2. The highest BCUT2D eigenvalue weighted by molar-refractivity contribution is 6.02. The zero-order valence-corrected chi connectivity index (χ0v) is 8.70. The highest BCUT2D eigenvalue weighted by atomic mass is 16.4. The van der Waals surface area contributed by atoms with E-state index < -0.39 is 23.9 Å². The van der Waals surface area contributed by atoms with Gasteiger partial charge in [-0.15, -0.1) is 0 Å². The minimum Gasteiger partial charge on any atom is -0.480 e. The summed E-state index contributed by atoms with van der Waals surface area (Å²) < 4.78 is 0. The van der Waals surface area contributed by atoms with E-state index in [9.17, 15) is 14.4 Å². The van der Waals surface area contributed by atoms with Crippen LogP contribution in [0.15, 0.2) is 11.1 Å². The molecule has 0 heterocycles. The van der Waals surface area contributed by atoms with Gasteiger partial charge >= 0.3 is 11.9 Å². The van der Waals surface area contributed by atoms with E-state index >= 15 is 0 Å². The van der Waals surface area contributed by atoms with E-state index in [1.165, 1.54) is 20.8 Å². The molecular formula is C9H13NO5. The van der Waals surface area contributed by atoms with Gasteiger partial charge in [0.25, 0.3) is 0 Å².